The van der Waals surface area contributed by atoms with Crippen LogP contribution in [0.5, 0.6) is 0 Å². The summed E-state index contributed by atoms with van der Waals surface area (Å²) in [5, 5.41) is 9.98. The molecule has 0 heterocycles. The monoisotopic (exact) mass is 382 g/mol. The van der Waals surface area contributed by atoms with Crippen LogP contribution in [-0.4, -0.2) is 5.11 Å². The van der Waals surface area contributed by atoms with Crippen molar-refractivity contribution in [2.75, 3.05) is 0 Å². The number of aliphatic hydroxyl groups is 1. The average molecular weight is 382 g/mol. The number of benzene rings is 2. The van der Waals surface area contributed by atoms with E-state index in [2.05, 4.69) is 48.6 Å². The van der Waals surface area contributed by atoms with Crippen LogP contribution in [0, 0.1) is 23.2 Å². The van der Waals surface area contributed by atoms with E-state index < -0.39 is 6.10 Å². The number of hydrogen-bond donors (Lipinski definition) is 1. The molecule has 0 saturated heterocycles. The zero-order valence-electron chi connectivity index (χ0n) is 11.5. The Morgan fingerprint density at radius 3 is 2.50 bits per heavy atom. The third-order valence-corrected chi connectivity index (χ3v) is 4.69. The Hall–Kier alpha value is -0.940. The summed E-state index contributed by atoms with van der Waals surface area (Å²) in [4.78, 5) is 0. The van der Waals surface area contributed by atoms with E-state index >= 15 is 0 Å². The van der Waals surface area contributed by atoms with Crippen molar-refractivity contribution in [3.8, 4) is 11.1 Å². The molecule has 1 aliphatic carbocycles. The van der Waals surface area contributed by atoms with E-state index in [4.69, 9.17) is 0 Å². The molecular formula is C17H16FIO. The van der Waals surface area contributed by atoms with Gasteiger partial charge in [0.2, 0.25) is 0 Å². The molecule has 20 heavy (non-hydrogen) atoms. The molecule has 0 bridgehead atoms. The molecule has 1 N–H and O–H groups in total. The quantitative estimate of drug-likeness (QED) is 0.710. The van der Waals surface area contributed by atoms with Crippen molar-refractivity contribution >= 4 is 22.6 Å². The van der Waals surface area contributed by atoms with Gasteiger partial charge in [-0.2, -0.15) is 0 Å². The Balaban J connectivity index is 2.28. The van der Waals surface area contributed by atoms with Gasteiger partial charge in [0, 0.05) is 9.13 Å². The molecule has 3 rings (SSSR count). The lowest BCUT2D eigenvalue weighted by molar-refractivity contribution is 0.176. The summed E-state index contributed by atoms with van der Waals surface area (Å²) in [7, 11) is 0. The number of halogens is 2. The Morgan fingerprint density at radius 2 is 1.85 bits per heavy atom. The third-order valence-electron chi connectivity index (χ3n) is 4.07. The second kappa shape index (κ2) is 5.11. The van der Waals surface area contributed by atoms with E-state index in [1.54, 1.807) is 0 Å². The van der Waals surface area contributed by atoms with Gasteiger partial charge in [-0.1, -0.05) is 6.07 Å². The first-order chi connectivity index (χ1) is 9.49. The van der Waals surface area contributed by atoms with E-state index in [1.165, 1.54) is 26.3 Å². The largest absolute Gasteiger partial charge is 0.388 e. The topological polar surface area (TPSA) is 20.2 Å². The van der Waals surface area contributed by atoms with Gasteiger partial charge in [0.05, 0.1) is 6.10 Å². The highest BCUT2D eigenvalue weighted by molar-refractivity contribution is 14.1. The maximum absolute atomic E-state index is 13.9. The molecule has 0 aliphatic heterocycles. The molecular weight excluding hydrogens is 366 g/mol. The van der Waals surface area contributed by atoms with Gasteiger partial charge in [-0.15, -0.1) is 0 Å². The Bertz CT molecular complexity index is 671. The van der Waals surface area contributed by atoms with E-state index in [0.717, 1.165) is 17.5 Å². The van der Waals surface area contributed by atoms with Crippen LogP contribution in [0.4, 0.5) is 4.39 Å². The van der Waals surface area contributed by atoms with Crippen molar-refractivity contribution in [2.24, 2.45) is 0 Å². The fraction of sp³-hybridized carbons (Fsp3) is 0.294. The number of aliphatic hydroxyl groups excluding tert-OH is 1. The number of fused-ring (bicyclic) bond motifs is 1. The fourth-order valence-electron chi connectivity index (χ4n) is 3.26. The van der Waals surface area contributed by atoms with E-state index in [-0.39, 0.29) is 5.82 Å². The summed E-state index contributed by atoms with van der Waals surface area (Å²) in [6.45, 7) is 4.18. The van der Waals surface area contributed by atoms with Gasteiger partial charge in [0.25, 0.3) is 0 Å². The van der Waals surface area contributed by atoms with E-state index in [0.29, 0.717) is 12.0 Å². The second-order valence-electron chi connectivity index (χ2n) is 5.46. The molecule has 0 radical (unpaired) electrons. The molecule has 1 nitrogen and oxygen atoms in total. The lowest BCUT2D eigenvalue weighted by Crippen LogP contribution is -1.99. The van der Waals surface area contributed by atoms with Crippen LogP contribution in [0.15, 0.2) is 24.3 Å². The highest BCUT2D eigenvalue weighted by Gasteiger charge is 2.27. The predicted molar refractivity (Wildman–Crippen MR) is 87.3 cm³/mol. The second-order valence-corrected chi connectivity index (χ2v) is 6.70. The summed E-state index contributed by atoms with van der Waals surface area (Å²) in [6.07, 6.45) is 0.703. The first-order valence-corrected chi connectivity index (χ1v) is 7.83. The SMILES string of the molecule is Cc1cc(I)cc(C)c1-c1ccc(F)c2c1CC[C@@H]2O. The molecule has 0 fully saturated rings. The first kappa shape index (κ1) is 14.0. The summed E-state index contributed by atoms with van der Waals surface area (Å²) in [6, 6.07) is 7.63. The highest BCUT2D eigenvalue weighted by Crippen LogP contribution is 2.41. The molecule has 0 spiro atoms. The normalized spacial score (nSPS) is 17.4. The molecule has 0 amide bonds. The average Bonchev–Trinajstić information content (AvgIpc) is 2.74. The van der Waals surface area contributed by atoms with Crippen LogP contribution >= 0.6 is 22.6 Å². The summed E-state index contributed by atoms with van der Waals surface area (Å²) < 4.78 is 15.1. The molecule has 0 unspecified atom stereocenters. The van der Waals surface area contributed by atoms with Crippen molar-refractivity contribution < 1.29 is 9.50 Å². The van der Waals surface area contributed by atoms with Crippen molar-refractivity contribution in [1.29, 1.82) is 0 Å². The molecule has 2 aromatic rings. The first-order valence-electron chi connectivity index (χ1n) is 6.75. The van der Waals surface area contributed by atoms with Crippen LogP contribution in [0.1, 0.15) is 34.8 Å². The Kier molecular flexibility index (Phi) is 3.58. The summed E-state index contributed by atoms with van der Waals surface area (Å²) in [5.41, 5.74) is 6.12. The van der Waals surface area contributed by atoms with Gasteiger partial charge in [-0.3, -0.25) is 0 Å². The van der Waals surface area contributed by atoms with Crippen LogP contribution in [0.25, 0.3) is 11.1 Å². The third kappa shape index (κ3) is 2.17. The van der Waals surface area contributed by atoms with Gasteiger partial charge in [0.15, 0.2) is 0 Å². The number of aryl methyl sites for hydroxylation is 2. The van der Waals surface area contributed by atoms with E-state index in [9.17, 15) is 9.50 Å². The maximum atomic E-state index is 13.9. The molecule has 104 valence electrons. The van der Waals surface area contributed by atoms with Gasteiger partial charge in [0.1, 0.15) is 5.82 Å². The lowest BCUT2D eigenvalue weighted by Gasteiger charge is -2.16. The molecule has 0 aromatic heterocycles. The van der Waals surface area contributed by atoms with Crippen molar-refractivity contribution in [3.05, 3.63) is 55.9 Å². The zero-order chi connectivity index (χ0) is 14.4. The highest BCUT2D eigenvalue weighted by atomic mass is 127. The minimum atomic E-state index is -0.658. The van der Waals surface area contributed by atoms with Crippen molar-refractivity contribution in [1.82, 2.24) is 0 Å². The van der Waals surface area contributed by atoms with Gasteiger partial charge >= 0.3 is 0 Å². The minimum absolute atomic E-state index is 0.283. The number of hydrogen-bond acceptors (Lipinski definition) is 1. The van der Waals surface area contributed by atoms with Crippen molar-refractivity contribution in [3.63, 3.8) is 0 Å². The van der Waals surface area contributed by atoms with E-state index in [1.807, 2.05) is 6.07 Å². The van der Waals surface area contributed by atoms with Gasteiger partial charge in [-0.05, 0) is 95.3 Å². The molecule has 1 aliphatic rings. The molecule has 1 atom stereocenters. The molecule has 3 heteroatoms. The Labute approximate surface area is 132 Å². The standard InChI is InChI=1S/C17H16FIO/c1-9-7-11(19)8-10(2)16(9)12-3-5-14(18)17-13(12)4-6-15(17)20/h3,5,7-8,15,20H,4,6H2,1-2H3/t15-/m0/s1. The minimum Gasteiger partial charge on any atom is -0.388 e. The molecule has 2 aromatic carbocycles. The van der Waals surface area contributed by atoms with Crippen LogP contribution < -0.4 is 0 Å². The van der Waals surface area contributed by atoms with Gasteiger partial charge < -0.3 is 5.11 Å². The summed E-state index contributed by atoms with van der Waals surface area (Å²) in [5.74, 6) is -0.283. The van der Waals surface area contributed by atoms with Crippen LogP contribution in [-0.2, 0) is 6.42 Å². The zero-order valence-corrected chi connectivity index (χ0v) is 13.7. The van der Waals surface area contributed by atoms with Gasteiger partial charge in [-0.25, -0.2) is 4.39 Å². The fourth-order valence-corrected chi connectivity index (χ4v) is 4.20. The Morgan fingerprint density at radius 1 is 1.20 bits per heavy atom. The van der Waals surface area contributed by atoms with Crippen LogP contribution in [0.3, 0.4) is 0 Å². The van der Waals surface area contributed by atoms with Crippen LogP contribution in [0.2, 0.25) is 0 Å². The maximum Gasteiger partial charge on any atom is 0.129 e. The lowest BCUT2D eigenvalue weighted by atomic mass is 9.90. The predicted octanol–water partition coefficient (Wildman–Crippen LogP) is 4.69. The summed E-state index contributed by atoms with van der Waals surface area (Å²) >= 11 is 2.31. The molecule has 0 saturated carbocycles. The van der Waals surface area contributed by atoms with Crippen molar-refractivity contribution in [2.45, 2.75) is 32.8 Å². The number of rotatable bonds is 1. The smallest absolute Gasteiger partial charge is 0.129 e.